The van der Waals surface area contributed by atoms with E-state index in [9.17, 15) is 22.0 Å². The average Bonchev–Trinajstić information content (AvgIpc) is 2.80. The Balaban J connectivity index is 1.67. The highest BCUT2D eigenvalue weighted by atomic mass is 32.2. The average molecular weight is 489 g/mol. The second-order valence-electron chi connectivity index (χ2n) is 7.75. The molecule has 0 saturated carbocycles. The second-order valence-corrected chi connectivity index (χ2v) is 9.52. The normalized spacial score (nSPS) is 12.4. The van der Waals surface area contributed by atoms with E-state index in [2.05, 4.69) is 14.8 Å². The summed E-state index contributed by atoms with van der Waals surface area (Å²) < 4.78 is 56.8. The first-order chi connectivity index (χ1) is 16.2. The van der Waals surface area contributed by atoms with E-state index in [0.29, 0.717) is 5.56 Å². The van der Waals surface area contributed by atoms with Crippen molar-refractivity contribution in [3.8, 4) is 5.75 Å². The van der Waals surface area contributed by atoms with Crippen LogP contribution in [0.2, 0.25) is 0 Å². The van der Waals surface area contributed by atoms with Crippen LogP contribution in [0.3, 0.4) is 0 Å². The Morgan fingerprint density at radius 1 is 0.912 bits per heavy atom. The Morgan fingerprint density at radius 3 is 2.18 bits per heavy atom. The third-order valence-electron chi connectivity index (χ3n) is 5.31. The van der Waals surface area contributed by atoms with Gasteiger partial charge < -0.3 is 10.1 Å². The summed E-state index contributed by atoms with van der Waals surface area (Å²) in [5.74, 6) is -0.359. The lowest BCUT2D eigenvalue weighted by atomic mass is 9.98. The van der Waals surface area contributed by atoms with Crippen molar-refractivity contribution in [1.29, 1.82) is 0 Å². The van der Waals surface area contributed by atoms with Gasteiger partial charge in [0.05, 0.1) is 10.9 Å². The quantitative estimate of drug-likeness (QED) is 0.441. The van der Waals surface area contributed by atoms with Crippen molar-refractivity contribution in [2.45, 2.75) is 37.8 Å². The molecule has 6 nitrogen and oxygen atoms in total. The molecule has 0 aliphatic heterocycles. The zero-order valence-electron chi connectivity index (χ0n) is 18.8. The van der Waals surface area contributed by atoms with Crippen LogP contribution in [0.4, 0.5) is 8.78 Å². The molecule has 0 aliphatic carbocycles. The minimum Gasteiger partial charge on any atom is -0.435 e. The van der Waals surface area contributed by atoms with Gasteiger partial charge in [-0.1, -0.05) is 48.5 Å². The van der Waals surface area contributed by atoms with Gasteiger partial charge in [-0.25, -0.2) is 13.1 Å². The number of sulfonamides is 1. The van der Waals surface area contributed by atoms with Crippen LogP contribution in [0.15, 0.2) is 77.7 Å². The number of hydrogen-bond donors (Lipinski definition) is 2. The lowest BCUT2D eigenvalue weighted by Gasteiger charge is -2.20. The molecule has 3 aromatic rings. The van der Waals surface area contributed by atoms with E-state index < -0.39 is 22.7 Å². The zero-order valence-corrected chi connectivity index (χ0v) is 19.6. The van der Waals surface area contributed by atoms with Gasteiger partial charge in [0.1, 0.15) is 5.75 Å². The van der Waals surface area contributed by atoms with Crippen molar-refractivity contribution in [2.24, 2.45) is 0 Å². The summed E-state index contributed by atoms with van der Waals surface area (Å²) >= 11 is 0. The van der Waals surface area contributed by atoms with Gasteiger partial charge >= 0.3 is 6.61 Å². The molecular formula is C25H26F2N2O4S. The molecule has 180 valence electrons. The molecule has 0 unspecified atom stereocenters. The predicted molar refractivity (Wildman–Crippen MR) is 125 cm³/mol. The standard InChI is InChI=1S/C25H26F2N2O4S/c1-17-8-13-22(16-18(17)2)34(31,32)28-15-14-23(30)29-24(19-6-4-3-5-7-19)20-9-11-21(12-10-20)33-25(26)27/h3-13,16,24-25,28H,14-15H2,1-2H3,(H,29,30)/t24-/m1/s1. The first-order valence-electron chi connectivity index (χ1n) is 10.6. The number of rotatable bonds is 10. The maximum atomic E-state index is 12.7. The van der Waals surface area contributed by atoms with Gasteiger partial charge in [-0.2, -0.15) is 8.78 Å². The van der Waals surface area contributed by atoms with Gasteiger partial charge in [0.15, 0.2) is 0 Å². The van der Waals surface area contributed by atoms with E-state index in [1.54, 1.807) is 24.3 Å². The number of alkyl halides is 2. The third kappa shape index (κ3) is 6.85. The molecule has 0 fully saturated rings. The van der Waals surface area contributed by atoms with Crippen LogP contribution in [-0.4, -0.2) is 27.5 Å². The van der Waals surface area contributed by atoms with E-state index >= 15 is 0 Å². The van der Waals surface area contributed by atoms with Crippen molar-refractivity contribution in [1.82, 2.24) is 10.0 Å². The summed E-state index contributed by atoms with van der Waals surface area (Å²) in [6.07, 6.45) is -0.0833. The van der Waals surface area contributed by atoms with Crippen LogP contribution in [0.1, 0.15) is 34.7 Å². The Morgan fingerprint density at radius 2 is 1.56 bits per heavy atom. The highest BCUT2D eigenvalue weighted by Gasteiger charge is 2.19. The van der Waals surface area contributed by atoms with Gasteiger partial charge in [0.25, 0.3) is 0 Å². The summed E-state index contributed by atoms with van der Waals surface area (Å²) in [4.78, 5) is 12.8. The van der Waals surface area contributed by atoms with Gasteiger partial charge in [-0.05, 0) is 60.4 Å². The Bertz CT molecular complexity index is 1220. The zero-order chi connectivity index (χ0) is 24.7. The molecule has 0 aromatic heterocycles. The SMILES string of the molecule is Cc1ccc(S(=O)(=O)NCCC(=O)N[C@H](c2ccccc2)c2ccc(OC(F)F)cc2)cc1C. The van der Waals surface area contributed by atoms with Gasteiger partial charge in [0, 0.05) is 13.0 Å². The molecule has 0 bridgehead atoms. The fourth-order valence-electron chi connectivity index (χ4n) is 3.34. The molecule has 2 N–H and O–H groups in total. The Hall–Kier alpha value is -3.30. The van der Waals surface area contributed by atoms with Crippen LogP contribution >= 0.6 is 0 Å². The Labute approximate surface area is 198 Å². The van der Waals surface area contributed by atoms with Crippen molar-refractivity contribution in [3.63, 3.8) is 0 Å². The molecule has 3 aromatic carbocycles. The minimum absolute atomic E-state index is 0.0117. The van der Waals surface area contributed by atoms with Crippen LogP contribution in [-0.2, 0) is 14.8 Å². The van der Waals surface area contributed by atoms with E-state index in [0.717, 1.165) is 16.7 Å². The molecule has 1 amide bonds. The molecule has 0 heterocycles. The van der Waals surface area contributed by atoms with E-state index in [4.69, 9.17) is 0 Å². The van der Waals surface area contributed by atoms with Crippen molar-refractivity contribution in [3.05, 3.63) is 95.1 Å². The number of carbonyl (C=O) groups is 1. The van der Waals surface area contributed by atoms with E-state index in [1.165, 1.54) is 18.2 Å². The molecule has 0 spiro atoms. The van der Waals surface area contributed by atoms with Gasteiger partial charge in [-0.3, -0.25) is 4.79 Å². The minimum atomic E-state index is -3.75. The van der Waals surface area contributed by atoms with Gasteiger partial charge in [-0.15, -0.1) is 0 Å². The number of halogens is 2. The topological polar surface area (TPSA) is 84.5 Å². The third-order valence-corrected chi connectivity index (χ3v) is 6.77. The lowest BCUT2D eigenvalue weighted by molar-refractivity contribution is -0.121. The lowest BCUT2D eigenvalue weighted by Crippen LogP contribution is -2.33. The molecule has 0 aliphatic rings. The summed E-state index contributed by atoms with van der Waals surface area (Å²) in [7, 11) is -3.75. The second kappa shape index (κ2) is 11.2. The number of benzene rings is 3. The molecule has 0 radical (unpaired) electrons. The van der Waals surface area contributed by atoms with Crippen LogP contribution in [0.5, 0.6) is 5.75 Å². The summed E-state index contributed by atoms with van der Waals surface area (Å²) in [5, 5.41) is 2.89. The first-order valence-corrected chi connectivity index (χ1v) is 12.1. The summed E-state index contributed by atoms with van der Waals surface area (Å²) in [6, 6.07) is 19.4. The maximum absolute atomic E-state index is 12.7. The van der Waals surface area contributed by atoms with Crippen molar-refractivity contribution < 1.29 is 26.7 Å². The fraction of sp³-hybridized carbons (Fsp3) is 0.240. The van der Waals surface area contributed by atoms with Crippen molar-refractivity contribution >= 4 is 15.9 Å². The molecule has 0 saturated heterocycles. The number of carbonyl (C=O) groups excluding carboxylic acids is 1. The largest absolute Gasteiger partial charge is 0.435 e. The fourth-order valence-corrected chi connectivity index (χ4v) is 4.46. The summed E-state index contributed by atoms with van der Waals surface area (Å²) in [5.41, 5.74) is 3.29. The summed E-state index contributed by atoms with van der Waals surface area (Å²) in [6.45, 7) is 0.719. The molecular weight excluding hydrogens is 462 g/mol. The number of aryl methyl sites for hydroxylation is 2. The number of ether oxygens (including phenoxy) is 1. The highest BCUT2D eigenvalue weighted by Crippen LogP contribution is 2.25. The molecule has 9 heteroatoms. The van der Waals surface area contributed by atoms with Gasteiger partial charge in [0.2, 0.25) is 15.9 Å². The van der Waals surface area contributed by atoms with Crippen LogP contribution < -0.4 is 14.8 Å². The van der Waals surface area contributed by atoms with E-state index in [-0.39, 0.29) is 29.5 Å². The van der Waals surface area contributed by atoms with Crippen LogP contribution in [0, 0.1) is 13.8 Å². The molecule has 3 rings (SSSR count). The Kier molecular flexibility index (Phi) is 8.36. The van der Waals surface area contributed by atoms with Crippen molar-refractivity contribution in [2.75, 3.05) is 6.54 Å². The smallest absolute Gasteiger partial charge is 0.387 e. The first kappa shape index (κ1) is 25.3. The number of hydrogen-bond acceptors (Lipinski definition) is 4. The monoisotopic (exact) mass is 488 g/mol. The number of nitrogens with one attached hydrogen (secondary N) is 2. The maximum Gasteiger partial charge on any atom is 0.387 e. The molecule has 34 heavy (non-hydrogen) atoms. The highest BCUT2D eigenvalue weighted by molar-refractivity contribution is 7.89. The van der Waals surface area contributed by atoms with E-state index in [1.807, 2.05) is 44.2 Å². The predicted octanol–water partition coefficient (Wildman–Crippen LogP) is 4.48. The van der Waals surface area contributed by atoms with Crippen LogP contribution in [0.25, 0.3) is 0 Å². The number of amides is 1. The molecule has 1 atom stereocenters.